The summed E-state index contributed by atoms with van der Waals surface area (Å²) >= 11 is 0. The third-order valence-corrected chi connectivity index (χ3v) is 1.61. The van der Waals surface area contributed by atoms with Crippen LogP contribution < -0.4 is 5.73 Å². The molecule has 0 aliphatic carbocycles. The molecule has 2 aromatic rings. The molecule has 2 rings (SSSR count). The van der Waals surface area contributed by atoms with Crippen LogP contribution in [-0.4, -0.2) is 9.38 Å². The summed E-state index contributed by atoms with van der Waals surface area (Å²) in [6.07, 6.45) is 3.53. The highest BCUT2D eigenvalue weighted by atomic mass is 16.3. The van der Waals surface area contributed by atoms with Gasteiger partial charge in [0.15, 0.2) is 0 Å². The summed E-state index contributed by atoms with van der Waals surface area (Å²) < 4.78 is 6.99. The van der Waals surface area contributed by atoms with Gasteiger partial charge in [0.05, 0.1) is 11.4 Å². The Balaban J connectivity index is 2.73. The van der Waals surface area contributed by atoms with Gasteiger partial charge in [-0.15, -0.1) is 0 Å². The molecule has 0 bridgehead atoms. The minimum atomic E-state index is 0.475. The molecular weight excluding hydrogens is 142 g/mol. The summed E-state index contributed by atoms with van der Waals surface area (Å²) in [5.74, 6) is 0.614. The minimum Gasteiger partial charge on any atom is -0.431 e. The zero-order valence-electron chi connectivity index (χ0n) is 6.24. The van der Waals surface area contributed by atoms with Gasteiger partial charge < -0.3 is 10.2 Å². The van der Waals surface area contributed by atoms with E-state index in [-0.39, 0.29) is 0 Å². The SMILES string of the molecule is Cc1cn2c(CN)coc2n1. The molecule has 0 amide bonds. The maximum atomic E-state index is 5.46. The molecular formula is C7H9N3O. The van der Waals surface area contributed by atoms with E-state index in [0.717, 1.165) is 11.4 Å². The van der Waals surface area contributed by atoms with Crippen molar-refractivity contribution in [3.05, 3.63) is 23.8 Å². The van der Waals surface area contributed by atoms with Crippen molar-refractivity contribution in [2.75, 3.05) is 0 Å². The van der Waals surface area contributed by atoms with E-state index in [0.29, 0.717) is 12.4 Å². The fourth-order valence-electron chi connectivity index (χ4n) is 1.09. The third kappa shape index (κ3) is 0.832. The quantitative estimate of drug-likeness (QED) is 0.652. The van der Waals surface area contributed by atoms with Crippen LogP contribution in [0.25, 0.3) is 5.84 Å². The van der Waals surface area contributed by atoms with E-state index >= 15 is 0 Å². The summed E-state index contributed by atoms with van der Waals surface area (Å²) in [6.45, 7) is 2.39. The molecule has 0 aliphatic heterocycles. The van der Waals surface area contributed by atoms with E-state index in [1.54, 1.807) is 6.26 Å². The standard InChI is InChI=1S/C7H9N3O/c1-5-3-10-6(2-8)4-11-7(10)9-5/h3-4H,2,8H2,1H3. The van der Waals surface area contributed by atoms with Gasteiger partial charge >= 0.3 is 5.84 Å². The van der Waals surface area contributed by atoms with E-state index in [2.05, 4.69) is 4.98 Å². The molecule has 0 aromatic carbocycles. The van der Waals surface area contributed by atoms with Gasteiger partial charge in [-0.25, -0.2) is 0 Å². The molecule has 0 saturated carbocycles. The second-order valence-electron chi connectivity index (χ2n) is 2.47. The smallest absolute Gasteiger partial charge is 0.306 e. The van der Waals surface area contributed by atoms with Crippen molar-refractivity contribution in [3.63, 3.8) is 0 Å². The van der Waals surface area contributed by atoms with Crippen LogP contribution >= 0.6 is 0 Å². The fourth-order valence-corrected chi connectivity index (χ4v) is 1.09. The van der Waals surface area contributed by atoms with Crippen LogP contribution in [-0.2, 0) is 6.54 Å². The molecule has 4 nitrogen and oxygen atoms in total. The maximum absolute atomic E-state index is 5.46. The van der Waals surface area contributed by atoms with Crippen LogP contribution in [0.5, 0.6) is 0 Å². The van der Waals surface area contributed by atoms with Crippen molar-refractivity contribution < 1.29 is 4.42 Å². The molecule has 2 N–H and O–H groups in total. The number of aromatic nitrogens is 2. The number of oxazole rings is 1. The molecule has 11 heavy (non-hydrogen) atoms. The average Bonchev–Trinajstić information content (AvgIpc) is 2.45. The zero-order valence-corrected chi connectivity index (χ0v) is 6.24. The molecule has 0 aliphatic rings. The van der Waals surface area contributed by atoms with Gasteiger partial charge in [0.2, 0.25) is 0 Å². The molecule has 2 aromatic heterocycles. The molecule has 0 unspecified atom stereocenters. The first-order chi connectivity index (χ1) is 5.31. The number of nitrogens with zero attached hydrogens (tertiary/aromatic N) is 2. The lowest BCUT2D eigenvalue weighted by atomic mass is 10.5. The largest absolute Gasteiger partial charge is 0.431 e. The molecule has 0 spiro atoms. The first-order valence-electron chi connectivity index (χ1n) is 3.43. The maximum Gasteiger partial charge on any atom is 0.306 e. The van der Waals surface area contributed by atoms with E-state index in [1.807, 2.05) is 17.5 Å². The Labute approximate surface area is 63.6 Å². The lowest BCUT2D eigenvalue weighted by Crippen LogP contribution is -1.98. The zero-order chi connectivity index (χ0) is 7.84. The predicted octanol–water partition coefficient (Wildman–Crippen LogP) is 0.694. The lowest BCUT2D eigenvalue weighted by Gasteiger charge is -1.87. The first kappa shape index (κ1) is 6.42. The first-order valence-corrected chi connectivity index (χ1v) is 3.43. The lowest BCUT2D eigenvalue weighted by molar-refractivity contribution is 0.593. The van der Waals surface area contributed by atoms with Crippen molar-refractivity contribution in [1.82, 2.24) is 9.38 Å². The number of fused-ring (bicyclic) bond motifs is 1. The van der Waals surface area contributed by atoms with Gasteiger partial charge in [-0.05, 0) is 6.92 Å². The number of imidazole rings is 1. The van der Waals surface area contributed by atoms with Gasteiger partial charge in [0.1, 0.15) is 6.26 Å². The Kier molecular flexibility index (Phi) is 1.22. The molecule has 0 fully saturated rings. The second kappa shape index (κ2) is 2.10. The summed E-state index contributed by atoms with van der Waals surface area (Å²) in [6, 6.07) is 0. The summed E-state index contributed by atoms with van der Waals surface area (Å²) in [5, 5.41) is 0. The van der Waals surface area contributed by atoms with Crippen molar-refractivity contribution in [3.8, 4) is 0 Å². The molecule has 0 atom stereocenters. The van der Waals surface area contributed by atoms with Gasteiger partial charge in [-0.1, -0.05) is 0 Å². The molecule has 58 valence electrons. The van der Waals surface area contributed by atoms with Crippen molar-refractivity contribution in [2.45, 2.75) is 13.5 Å². The molecule has 2 heterocycles. The predicted molar refractivity (Wildman–Crippen MR) is 40.1 cm³/mol. The van der Waals surface area contributed by atoms with Crippen molar-refractivity contribution >= 4 is 5.84 Å². The summed E-state index contributed by atoms with van der Waals surface area (Å²) in [4.78, 5) is 4.12. The molecule has 0 saturated heterocycles. The monoisotopic (exact) mass is 151 g/mol. The Hall–Kier alpha value is -1.29. The van der Waals surface area contributed by atoms with Gasteiger partial charge in [0, 0.05) is 12.7 Å². The van der Waals surface area contributed by atoms with Crippen LogP contribution in [0.4, 0.5) is 0 Å². The molecule has 0 radical (unpaired) electrons. The van der Waals surface area contributed by atoms with Crippen molar-refractivity contribution in [2.24, 2.45) is 5.73 Å². The highest BCUT2D eigenvalue weighted by Crippen LogP contribution is 2.09. The Morgan fingerprint density at radius 2 is 2.55 bits per heavy atom. The van der Waals surface area contributed by atoms with Crippen LogP contribution in [0.15, 0.2) is 16.9 Å². The topological polar surface area (TPSA) is 56.5 Å². The molecule has 4 heteroatoms. The normalized spacial score (nSPS) is 11.1. The fraction of sp³-hybridized carbons (Fsp3) is 0.286. The Bertz CT molecular complexity index is 374. The highest BCUT2D eigenvalue weighted by Gasteiger charge is 2.04. The average molecular weight is 151 g/mol. The third-order valence-electron chi connectivity index (χ3n) is 1.61. The van der Waals surface area contributed by atoms with E-state index < -0.39 is 0 Å². The van der Waals surface area contributed by atoms with Gasteiger partial charge in [0.25, 0.3) is 0 Å². The van der Waals surface area contributed by atoms with E-state index in [4.69, 9.17) is 10.2 Å². The number of aryl methyl sites for hydroxylation is 1. The number of nitrogens with two attached hydrogens (primary N) is 1. The van der Waals surface area contributed by atoms with Crippen LogP contribution in [0.3, 0.4) is 0 Å². The van der Waals surface area contributed by atoms with Crippen molar-refractivity contribution in [1.29, 1.82) is 0 Å². The summed E-state index contributed by atoms with van der Waals surface area (Å²) in [5.41, 5.74) is 7.35. The second-order valence-corrected chi connectivity index (χ2v) is 2.47. The van der Waals surface area contributed by atoms with E-state index in [1.165, 1.54) is 0 Å². The number of hydrogen-bond donors (Lipinski definition) is 1. The number of hydrogen-bond acceptors (Lipinski definition) is 3. The van der Waals surface area contributed by atoms with Gasteiger partial charge in [-0.2, -0.15) is 4.98 Å². The Morgan fingerprint density at radius 3 is 3.27 bits per heavy atom. The minimum absolute atomic E-state index is 0.475. The van der Waals surface area contributed by atoms with Crippen LogP contribution in [0.1, 0.15) is 11.4 Å². The van der Waals surface area contributed by atoms with Gasteiger partial charge in [-0.3, -0.25) is 4.40 Å². The number of rotatable bonds is 1. The van der Waals surface area contributed by atoms with Crippen LogP contribution in [0.2, 0.25) is 0 Å². The summed E-state index contributed by atoms with van der Waals surface area (Å²) in [7, 11) is 0. The van der Waals surface area contributed by atoms with Crippen LogP contribution in [0, 0.1) is 6.92 Å². The Morgan fingerprint density at radius 1 is 1.73 bits per heavy atom. The van der Waals surface area contributed by atoms with E-state index in [9.17, 15) is 0 Å². The highest BCUT2D eigenvalue weighted by molar-refractivity contribution is 5.29.